The Balaban J connectivity index is 1.69. The third-order valence-electron chi connectivity index (χ3n) is 7.86. The lowest BCUT2D eigenvalue weighted by Crippen LogP contribution is -2.72. The molecule has 3 aliphatic rings. The molecule has 4 N–H and O–H groups in total. The molecule has 1 aromatic carbocycles. The molecule has 1 amide bonds. The van der Waals surface area contributed by atoms with Crippen LogP contribution >= 0.6 is 0 Å². The maximum atomic E-state index is 13.3. The fourth-order valence-electron chi connectivity index (χ4n) is 6.21. The van der Waals surface area contributed by atoms with Crippen LogP contribution < -0.4 is 10.6 Å². The molecule has 0 spiro atoms. The number of Topliss-reactive ketones (excluding diaryl/α,β-unsaturated/α-hetero) is 1. The number of amides is 1. The molecule has 2 bridgehead atoms. The summed E-state index contributed by atoms with van der Waals surface area (Å²) in [6.07, 6.45) is 3.54. The summed E-state index contributed by atoms with van der Waals surface area (Å²) in [5.74, 6) is 0.409. The number of hydrogen-bond acceptors (Lipinski definition) is 5. The molecular formula is C24H34N2O4. The van der Waals surface area contributed by atoms with Crippen LogP contribution in [0.4, 0.5) is 0 Å². The average molecular weight is 415 g/mol. The molecule has 1 saturated heterocycles. The third-order valence-corrected chi connectivity index (χ3v) is 7.86. The lowest BCUT2D eigenvalue weighted by Gasteiger charge is -2.64. The fraction of sp³-hybridized carbons (Fsp3) is 0.667. The molecule has 164 valence electrons. The fourth-order valence-corrected chi connectivity index (χ4v) is 6.21. The average Bonchev–Trinajstić information content (AvgIpc) is 2.72. The van der Waals surface area contributed by atoms with E-state index in [0.717, 1.165) is 36.9 Å². The minimum Gasteiger partial charge on any atom is -0.396 e. The van der Waals surface area contributed by atoms with Crippen LogP contribution in [0.25, 0.3) is 0 Å². The van der Waals surface area contributed by atoms with Crippen LogP contribution in [0.5, 0.6) is 0 Å². The SMILES string of the molecule is CC(C)CCC(=O)N[C@H]1C[C@@]2(CO)[C@H]3Cc4ccc(CO)cc4[C@@]2(CCN3)CC1=O. The topological polar surface area (TPSA) is 98.7 Å². The van der Waals surface area contributed by atoms with Gasteiger partial charge in [-0.05, 0) is 54.8 Å². The number of aliphatic hydroxyl groups is 2. The quantitative estimate of drug-likeness (QED) is 0.567. The standard InChI is InChI=1S/C24H34N2O4/c1-15(2)3-6-22(30)26-19-11-24(14-28)21-10-17-5-4-16(13-27)9-18(17)23(24,7-8-25-21)12-20(19)29/h4-5,9,15,19,21,25,27-28H,3,6-8,10-14H2,1-2H3,(H,26,30)/t19-,21+,23+,24+/m0/s1. The van der Waals surface area contributed by atoms with Crippen molar-refractivity contribution in [3.05, 3.63) is 34.9 Å². The molecule has 0 unspecified atom stereocenters. The Morgan fingerprint density at radius 2 is 2.13 bits per heavy atom. The van der Waals surface area contributed by atoms with Gasteiger partial charge in [-0.1, -0.05) is 32.0 Å². The predicted octanol–water partition coefficient (Wildman–Crippen LogP) is 1.60. The molecule has 4 rings (SSSR count). The van der Waals surface area contributed by atoms with E-state index in [1.807, 2.05) is 12.1 Å². The molecular weight excluding hydrogens is 380 g/mol. The van der Waals surface area contributed by atoms with Crippen molar-refractivity contribution in [2.24, 2.45) is 11.3 Å². The second kappa shape index (κ2) is 8.06. The molecule has 1 heterocycles. The first-order valence-electron chi connectivity index (χ1n) is 11.2. The van der Waals surface area contributed by atoms with Crippen LogP contribution in [-0.4, -0.2) is 47.1 Å². The van der Waals surface area contributed by atoms with Crippen LogP contribution in [0.15, 0.2) is 18.2 Å². The van der Waals surface area contributed by atoms with E-state index in [9.17, 15) is 19.8 Å². The molecule has 6 nitrogen and oxygen atoms in total. The summed E-state index contributed by atoms with van der Waals surface area (Å²) >= 11 is 0. The zero-order valence-corrected chi connectivity index (χ0v) is 18.0. The largest absolute Gasteiger partial charge is 0.396 e. The van der Waals surface area contributed by atoms with Crippen molar-refractivity contribution in [1.82, 2.24) is 10.6 Å². The molecule has 0 radical (unpaired) electrons. The minimum absolute atomic E-state index is 0.0287. The minimum atomic E-state index is -0.546. The van der Waals surface area contributed by atoms with Gasteiger partial charge in [-0.3, -0.25) is 9.59 Å². The maximum Gasteiger partial charge on any atom is 0.220 e. The number of hydrogen-bond donors (Lipinski definition) is 4. The number of carbonyl (C=O) groups excluding carboxylic acids is 2. The molecule has 2 fully saturated rings. The van der Waals surface area contributed by atoms with E-state index in [0.29, 0.717) is 25.2 Å². The van der Waals surface area contributed by atoms with Gasteiger partial charge in [0.25, 0.3) is 0 Å². The van der Waals surface area contributed by atoms with Gasteiger partial charge in [0.2, 0.25) is 5.91 Å². The second-order valence-corrected chi connectivity index (χ2v) is 9.91. The number of carbonyl (C=O) groups is 2. The molecule has 30 heavy (non-hydrogen) atoms. The maximum absolute atomic E-state index is 13.3. The van der Waals surface area contributed by atoms with E-state index in [1.165, 1.54) is 5.56 Å². The Kier molecular flexibility index (Phi) is 5.77. The summed E-state index contributed by atoms with van der Waals surface area (Å²) in [4.78, 5) is 25.7. The summed E-state index contributed by atoms with van der Waals surface area (Å²) < 4.78 is 0. The van der Waals surface area contributed by atoms with E-state index < -0.39 is 16.9 Å². The van der Waals surface area contributed by atoms with Crippen LogP contribution in [0, 0.1) is 11.3 Å². The molecule has 2 aliphatic carbocycles. The van der Waals surface area contributed by atoms with Crippen molar-refractivity contribution in [3.63, 3.8) is 0 Å². The van der Waals surface area contributed by atoms with Crippen LogP contribution in [0.1, 0.15) is 62.6 Å². The van der Waals surface area contributed by atoms with Crippen molar-refractivity contribution in [2.45, 2.75) is 76.5 Å². The first kappa shape index (κ1) is 21.5. The summed E-state index contributed by atoms with van der Waals surface area (Å²) in [5, 5.41) is 27.0. The number of piperidine rings is 1. The zero-order chi connectivity index (χ0) is 21.5. The number of fused-ring (bicyclic) bond motifs is 1. The Labute approximate surface area is 178 Å². The van der Waals surface area contributed by atoms with E-state index >= 15 is 0 Å². The second-order valence-electron chi connectivity index (χ2n) is 9.91. The van der Waals surface area contributed by atoms with Crippen LogP contribution in [-0.2, 0) is 28.0 Å². The van der Waals surface area contributed by atoms with Gasteiger partial charge in [-0.2, -0.15) is 0 Å². The Hall–Kier alpha value is -1.76. The highest BCUT2D eigenvalue weighted by Crippen LogP contribution is 2.60. The molecule has 1 aliphatic heterocycles. The predicted molar refractivity (Wildman–Crippen MR) is 114 cm³/mol. The van der Waals surface area contributed by atoms with Crippen molar-refractivity contribution < 1.29 is 19.8 Å². The first-order valence-corrected chi connectivity index (χ1v) is 11.2. The van der Waals surface area contributed by atoms with Crippen molar-refractivity contribution >= 4 is 11.7 Å². The van der Waals surface area contributed by atoms with E-state index in [-0.39, 0.29) is 30.9 Å². The lowest BCUT2D eigenvalue weighted by molar-refractivity contribution is -0.142. The van der Waals surface area contributed by atoms with Crippen LogP contribution in [0.2, 0.25) is 0 Å². The number of ketones is 1. The van der Waals surface area contributed by atoms with Gasteiger partial charge in [0, 0.05) is 29.7 Å². The monoisotopic (exact) mass is 414 g/mol. The van der Waals surface area contributed by atoms with Gasteiger partial charge in [-0.25, -0.2) is 0 Å². The summed E-state index contributed by atoms with van der Waals surface area (Å²) in [7, 11) is 0. The molecule has 0 aromatic heterocycles. The number of nitrogens with one attached hydrogen (secondary N) is 2. The summed E-state index contributed by atoms with van der Waals surface area (Å²) in [6, 6.07) is 5.56. The Bertz CT molecular complexity index is 838. The molecule has 4 atom stereocenters. The van der Waals surface area contributed by atoms with Gasteiger partial charge >= 0.3 is 0 Å². The Morgan fingerprint density at radius 1 is 1.33 bits per heavy atom. The number of benzene rings is 1. The van der Waals surface area contributed by atoms with Crippen molar-refractivity contribution in [1.29, 1.82) is 0 Å². The van der Waals surface area contributed by atoms with Gasteiger partial charge in [0.05, 0.1) is 19.3 Å². The summed E-state index contributed by atoms with van der Waals surface area (Å²) in [6.45, 7) is 4.89. The lowest BCUT2D eigenvalue weighted by atomic mass is 9.43. The van der Waals surface area contributed by atoms with Crippen molar-refractivity contribution in [3.8, 4) is 0 Å². The molecule has 1 saturated carbocycles. The number of aliphatic hydroxyl groups excluding tert-OH is 2. The smallest absolute Gasteiger partial charge is 0.220 e. The van der Waals surface area contributed by atoms with E-state index in [2.05, 4.69) is 30.5 Å². The molecule has 1 aromatic rings. The third kappa shape index (κ3) is 3.29. The van der Waals surface area contributed by atoms with E-state index in [1.54, 1.807) is 0 Å². The van der Waals surface area contributed by atoms with E-state index in [4.69, 9.17) is 0 Å². The van der Waals surface area contributed by atoms with Gasteiger partial charge < -0.3 is 20.8 Å². The highest BCUT2D eigenvalue weighted by molar-refractivity contribution is 5.91. The first-order chi connectivity index (χ1) is 14.3. The summed E-state index contributed by atoms with van der Waals surface area (Å²) in [5.41, 5.74) is 2.19. The van der Waals surface area contributed by atoms with Gasteiger partial charge in [0.15, 0.2) is 5.78 Å². The van der Waals surface area contributed by atoms with Gasteiger partial charge in [-0.15, -0.1) is 0 Å². The highest BCUT2D eigenvalue weighted by atomic mass is 16.3. The van der Waals surface area contributed by atoms with Gasteiger partial charge in [0.1, 0.15) is 0 Å². The number of rotatable bonds is 6. The highest BCUT2D eigenvalue weighted by Gasteiger charge is 2.65. The van der Waals surface area contributed by atoms with Crippen molar-refractivity contribution in [2.75, 3.05) is 13.2 Å². The molecule has 6 heteroatoms. The normalized spacial score (nSPS) is 32.5. The van der Waals surface area contributed by atoms with Crippen LogP contribution in [0.3, 0.4) is 0 Å². The zero-order valence-electron chi connectivity index (χ0n) is 18.0. The Morgan fingerprint density at radius 3 is 2.83 bits per heavy atom.